The second-order valence-corrected chi connectivity index (χ2v) is 7.00. The van der Waals surface area contributed by atoms with Crippen molar-refractivity contribution in [2.24, 2.45) is 11.3 Å². The van der Waals surface area contributed by atoms with Gasteiger partial charge < -0.3 is 9.47 Å². The van der Waals surface area contributed by atoms with E-state index in [2.05, 4.69) is 27.7 Å². The van der Waals surface area contributed by atoms with Gasteiger partial charge in [0.25, 0.3) is 0 Å². The number of hydrogen-bond acceptors (Lipinski definition) is 3. The van der Waals surface area contributed by atoms with E-state index in [1.165, 1.54) is 0 Å². The normalized spacial score (nSPS) is 14.3. The highest BCUT2D eigenvalue weighted by atomic mass is 16.6. The molecule has 0 aromatic heterocycles. The second kappa shape index (κ2) is 8.06. The molecule has 0 radical (unpaired) electrons. The molecule has 0 saturated carbocycles. The number of hydrogen-bond donors (Lipinski definition) is 0. The van der Waals surface area contributed by atoms with E-state index in [9.17, 15) is 4.79 Å². The maximum Gasteiger partial charge on any atom is 0.306 e. The summed E-state index contributed by atoms with van der Waals surface area (Å²) < 4.78 is 11.0. The molecule has 0 aliphatic heterocycles. The Kier molecular flexibility index (Phi) is 6.73. The van der Waals surface area contributed by atoms with Crippen molar-refractivity contribution in [2.45, 2.75) is 53.6 Å². The number of benzene rings is 1. The van der Waals surface area contributed by atoms with Crippen LogP contribution >= 0.6 is 0 Å². The zero-order valence-corrected chi connectivity index (χ0v) is 13.9. The molecule has 3 heteroatoms. The first kappa shape index (κ1) is 17.5. The summed E-state index contributed by atoms with van der Waals surface area (Å²) in [7, 11) is 0. The van der Waals surface area contributed by atoms with Gasteiger partial charge in [-0.2, -0.15) is 0 Å². The Balaban J connectivity index is 2.27. The molecule has 0 bridgehead atoms. The van der Waals surface area contributed by atoms with Gasteiger partial charge in [0.1, 0.15) is 18.5 Å². The minimum atomic E-state index is -0.237. The number of carbonyl (C=O) groups excluding carboxylic acids is 1. The van der Waals surface area contributed by atoms with Gasteiger partial charge in [-0.25, -0.2) is 0 Å². The van der Waals surface area contributed by atoms with Crippen LogP contribution < -0.4 is 4.74 Å². The SMILES string of the molecule is CC(CC(=O)OC(C)COc1ccccc1)CC(C)(C)C. The predicted octanol–water partition coefficient (Wildman–Crippen LogP) is 4.46. The average molecular weight is 292 g/mol. The van der Waals surface area contributed by atoms with Crippen LogP contribution in [-0.2, 0) is 9.53 Å². The largest absolute Gasteiger partial charge is 0.490 e. The molecule has 0 N–H and O–H groups in total. The van der Waals surface area contributed by atoms with E-state index < -0.39 is 0 Å². The van der Waals surface area contributed by atoms with E-state index in [0.29, 0.717) is 18.9 Å². The summed E-state index contributed by atoms with van der Waals surface area (Å²) in [6.45, 7) is 10.9. The monoisotopic (exact) mass is 292 g/mol. The number of ether oxygens (including phenoxy) is 2. The van der Waals surface area contributed by atoms with Crippen LogP contribution in [-0.4, -0.2) is 18.7 Å². The first-order chi connectivity index (χ1) is 9.76. The molecule has 118 valence electrons. The van der Waals surface area contributed by atoms with Gasteiger partial charge in [0.2, 0.25) is 0 Å². The summed E-state index contributed by atoms with van der Waals surface area (Å²) in [5.41, 5.74) is 0.238. The number of para-hydroxylation sites is 1. The lowest BCUT2D eigenvalue weighted by molar-refractivity contribution is -0.150. The zero-order chi connectivity index (χ0) is 15.9. The Morgan fingerprint density at radius 3 is 2.33 bits per heavy atom. The van der Waals surface area contributed by atoms with Crippen LogP contribution in [0.5, 0.6) is 5.75 Å². The van der Waals surface area contributed by atoms with Crippen molar-refractivity contribution in [3.8, 4) is 5.75 Å². The van der Waals surface area contributed by atoms with Gasteiger partial charge in [-0.05, 0) is 36.8 Å². The molecule has 0 saturated heterocycles. The van der Waals surface area contributed by atoms with Gasteiger partial charge >= 0.3 is 5.97 Å². The van der Waals surface area contributed by atoms with E-state index >= 15 is 0 Å². The summed E-state index contributed by atoms with van der Waals surface area (Å²) in [6.07, 6.45) is 1.24. The summed E-state index contributed by atoms with van der Waals surface area (Å²) in [6, 6.07) is 9.55. The summed E-state index contributed by atoms with van der Waals surface area (Å²) >= 11 is 0. The fraction of sp³-hybridized carbons (Fsp3) is 0.611. The summed E-state index contributed by atoms with van der Waals surface area (Å²) in [5, 5.41) is 0. The van der Waals surface area contributed by atoms with Gasteiger partial charge in [-0.1, -0.05) is 45.9 Å². The van der Waals surface area contributed by atoms with Crippen LogP contribution in [0.25, 0.3) is 0 Å². The predicted molar refractivity (Wildman–Crippen MR) is 85.3 cm³/mol. The van der Waals surface area contributed by atoms with E-state index in [4.69, 9.17) is 9.47 Å². The molecule has 0 spiro atoms. The lowest BCUT2D eigenvalue weighted by Crippen LogP contribution is -2.23. The van der Waals surface area contributed by atoms with E-state index in [1.54, 1.807) is 0 Å². The first-order valence-corrected chi connectivity index (χ1v) is 7.63. The summed E-state index contributed by atoms with van der Waals surface area (Å²) in [4.78, 5) is 11.9. The molecule has 1 aromatic rings. The molecule has 0 aliphatic carbocycles. The quantitative estimate of drug-likeness (QED) is 0.696. The molecule has 0 aliphatic rings. The topological polar surface area (TPSA) is 35.5 Å². The lowest BCUT2D eigenvalue weighted by atomic mass is 9.84. The van der Waals surface area contributed by atoms with Gasteiger partial charge in [-0.3, -0.25) is 4.79 Å². The molecule has 3 nitrogen and oxygen atoms in total. The fourth-order valence-corrected chi connectivity index (χ4v) is 2.44. The maximum absolute atomic E-state index is 11.9. The van der Waals surface area contributed by atoms with Crippen molar-refractivity contribution in [3.63, 3.8) is 0 Å². The van der Waals surface area contributed by atoms with Crippen molar-refractivity contribution in [3.05, 3.63) is 30.3 Å². The Labute approximate surface area is 128 Å². The minimum Gasteiger partial charge on any atom is -0.490 e. The van der Waals surface area contributed by atoms with Crippen LogP contribution in [0.15, 0.2) is 30.3 Å². The standard InChI is InChI=1S/C18H28O3/c1-14(12-18(3,4)5)11-17(19)21-15(2)13-20-16-9-7-6-8-10-16/h6-10,14-15H,11-13H2,1-5H3. The molecular weight excluding hydrogens is 264 g/mol. The molecule has 2 unspecified atom stereocenters. The van der Waals surface area contributed by atoms with E-state index in [-0.39, 0.29) is 17.5 Å². The Hall–Kier alpha value is -1.51. The van der Waals surface area contributed by atoms with Crippen molar-refractivity contribution in [1.29, 1.82) is 0 Å². The third-order valence-electron chi connectivity index (χ3n) is 3.04. The second-order valence-electron chi connectivity index (χ2n) is 7.00. The molecule has 0 heterocycles. The van der Waals surface area contributed by atoms with Crippen molar-refractivity contribution in [2.75, 3.05) is 6.61 Å². The van der Waals surface area contributed by atoms with Crippen LogP contribution in [0.3, 0.4) is 0 Å². The number of esters is 1. The molecule has 21 heavy (non-hydrogen) atoms. The van der Waals surface area contributed by atoms with E-state index in [0.717, 1.165) is 12.2 Å². The highest BCUT2D eigenvalue weighted by Crippen LogP contribution is 2.26. The number of carbonyl (C=O) groups is 1. The van der Waals surface area contributed by atoms with Gasteiger partial charge in [0.15, 0.2) is 0 Å². The van der Waals surface area contributed by atoms with Gasteiger partial charge in [0.05, 0.1) is 0 Å². The lowest BCUT2D eigenvalue weighted by Gasteiger charge is -2.23. The molecule has 1 aromatic carbocycles. The van der Waals surface area contributed by atoms with Crippen LogP contribution in [0.1, 0.15) is 47.5 Å². The third kappa shape index (κ3) is 8.38. The van der Waals surface area contributed by atoms with Crippen molar-refractivity contribution >= 4 is 5.97 Å². The van der Waals surface area contributed by atoms with Gasteiger partial charge in [-0.15, -0.1) is 0 Å². The van der Waals surface area contributed by atoms with Gasteiger partial charge in [0, 0.05) is 6.42 Å². The van der Waals surface area contributed by atoms with Crippen LogP contribution in [0, 0.1) is 11.3 Å². The molecule has 1 rings (SSSR count). The molecule has 0 amide bonds. The van der Waals surface area contributed by atoms with Crippen LogP contribution in [0.2, 0.25) is 0 Å². The Morgan fingerprint density at radius 1 is 1.14 bits per heavy atom. The molecule has 2 atom stereocenters. The van der Waals surface area contributed by atoms with E-state index in [1.807, 2.05) is 37.3 Å². The van der Waals surface area contributed by atoms with Crippen molar-refractivity contribution in [1.82, 2.24) is 0 Å². The minimum absolute atomic E-state index is 0.143. The maximum atomic E-state index is 11.9. The molecule has 0 fully saturated rings. The fourth-order valence-electron chi connectivity index (χ4n) is 2.44. The highest BCUT2D eigenvalue weighted by molar-refractivity contribution is 5.69. The van der Waals surface area contributed by atoms with Crippen LogP contribution in [0.4, 0.5) is 0 Å². The average Bonchev–Trinajstić information content (AvgIpc) is 2.35. The number of rotatable bonds is 7. The Bertz CT molecular complexity index is 420. The zero-order valence-electron chi connectivity index (χ0n) is 13.9. The Morgan fingerprint density at radius 2 is 1.76 bits per heavy atom. The van der Waals surface area contributed by atoms with Crippen molar-refractivity contribution < 1.29 is 14.3 Å². The third-order valence-corrected chi connectivity index (χ3v) is 3.04. The highest BCUT2D eigenvalue weighted by Gasteiger charge is 2.19. The summed E-state index contributed by atoms with van der Waals surface area (Å²) in [5.74, 6) is 0.983. The smallest absolute Gasteiger partial charge is 0.306 e. The molecular formula is C18H28O3. The first-order valence-electron chi connectivity index (χ1n) is 7.63.